The van der Waals surface area contributed by atoms with Gasteiger partial charge in [0.1, 0.15) is 0 Å². The van der Waals surface area contributed by atoms with Gasteiger partial charge in [-0.25, -0.2) is 0 Å². The molecule has 0 saturated carbocycles. The molecule has 0 aromatic rings. The lowest BCUT2D eigenvalue weighted by molar-refractivity contribution is -0.121. The largest absolute Gasteiger partial charge is 0.359 e. The van der Waals surface area contributed by atoms with Crippen molar-refractivity contribution >= 4 is 5.91 Å². The molecule has 0 aliphatic rings. The molecule has 0 unspecified atom stereocenters. The van der Waals surface area contributed by atoms with E-state index in [2.05, 4.69) is 26.1 Å². The van der Waals surface area contributed by atoms with Gasteiger partial charge in [-0.05, 0) is 11.8 Å². The van der Waals surface area contributed by atoms with E-state index in [-0.39, 0.29) is 5.91 Å². The van der Waals surface area contributed by atoms with Crippen LogP contribution in [0.1, 0.15) is 46.5 Å². The number of carbonyl (C=O) groups excluding carboxylic acids is 1. The first-order chi connectivity index (χ1) is 5.58. The lowest BCUT2D eigenvalue weighted by Crippen LogP contribution is -2.22. The average Bonchev–Trinajstić information content (AvgIpc) is 2.13. The van der Waals surface area contributed by atoms with E-state index in [1.54, 1.807) is 7.05 Å². The zero-order chi connectivity index (χ0) is 9.61. The fourth-order valence-corrected chi connectivity index (χ4v) is 1.14. The summed E-state index contributed by atoms with van der Waals surface area (Å²) >= 11 is 0. The van der Waals surface area contributed by atoms with E-state index >= 15 is 0 Å². The number of hydrogen-bond acceptors (Lipinski definition) is 1. The molecule has 12 heavy (non-hydrogen) atoms. The molecule has 0 aromatic carbocycles. The van der Waals surface area contributed by atoms with Gasteiger partial charge in [-0.2, -0.15) is 0 Å². The van der Waals surface area contributed by atoms with Crippen molar-refractivity contribution in [3.05, 3.63) is 0 Å². The van der Waals surface area contributed by atoms with Crippen LogP contribution in [0.3, 0.4) is 0 Å². The van der Waals surface area contributed by atoms with Crippen LogP contribution in [0.25, 0.3) is 0 Å². The van der Waals surface area contributed by atoms with Crippen LogP contribution in [-0.2, 0) is 4.79 Å². The van der Waals surface area contributed by atoms with Crippen LogP contribution in [0, 0.1) is 5.41 Å². The molecule has 0 bridgehead atoms. The predicted molar refractivity (Wildman–Crippen MR) is 52.0 cm³/mol. The lowest BCUT2D eigenvalue weighted by atomic mass is 9.80. The molecule has 0 spiro atoms. The first kappa shape index (κ1) is 11.5. The number of amides is 1. The van der Waals surface area contributed by atoms with Crippen LogP contribution in [0.2, 0.25) is 0 Å². The summed E-state index contributed by atoms with van der Waals surface area (Å²) in [6.45, 7) is 6.62. The van der Waals surface area contributed by atoms with Gasteiger partial charge in [0.25, 0.3) is 0 Å². The topological polar surface area (TPSA) is 29.1 Å². The second kappa shape index (κ2) is 5.18. The van der Waals surface area contributed by atoms with Gasteiger partial charge >= 0.3 is 0 Å². The molecule has 0 radical (unpaired) electrons. The van der Waals surface area contributed by atoms with E-state index < -0.39 is 0 Å². The number of hydrogen-bond donors (Lipinski definition) is 1. The van der Waals surface area contributed by atoms with Crippen molar-refractivity contribution in [2.45, 2.75) is 46.5 Å². The summed E-state index contributed by atoms with van der Waals surface area (Å²) in [4.78, 5) is 11.0. The second-order valence-electron chi connectivity index (χ2n) is 3.69. The molecule has 0 aliphatic heterocycles. The summed E-state index contributed by atoms with van der Waals surface area (Å²) in [5.41, 5.74) is 0.354. The Balaban J connectivity index is 3.80. The molecule has 2 nitrogen and oxygen atoms in total. The quantitative estimate of drug-likeness (QED) is 0.676. The molecular weight excluding hydrogens is 150 g/mol. The van der Waals surface area contributed by atoms with Gasteiger partial charge in [-0.3, -0.25) is 4.79 Å². The summed E-state index contributed by atoms with van der Waals surface area (Å²) < 4.78 is 0. The molecule has 0 heterocycles. The Morgan fingerprint density at radius 2 is 1.83 bits per heavy atom. The monoisotopic (exact) mass is 171 g/mol. The minimum Gasteiger partial charge on any atom is -0.359 e. The van der Waals surface area contributed by atoms with E-state index in [0.717, 1.165) is 19.3 Å². The summed E-state index contributed by atoms with van der Waals surface area (Å²) in [5, 5.41) is 2.65. The summed E-state index contributed by atoms with van der Waals surface area (Å²) in [6.07, 6.45) is 3.97. The normalized spacial score (nSPS) is 11.3. The zero-order valence-corrected chi connectivity index (χ0v) is 8.74. The van der Waals surface area contributed by atoms with Crippen LogP contribution in [0.5, 0.6) is 0 Å². The Morgan fingerprint density at radius 3 is 2.17 bits per heavy atom. The number of carbonyl (C=O) groups is 1. The third-order valence-electron chi connectivity index (χ3n) is 2.94. The standard InChI is InChI=1S/C10H21NO/c1-5-10(3,6-2)8-7-9(12)11-4/h5-8H2,1-4H3,(H,11,12). The van der Waals surface area contributed by atoms with E-state index in [4.69, 9.17) is 0 Å². The zero-order valence-electron chi connectivity index (χ0n) is 8.74. The molecule has 0 aromatic heterocycles. The van der Waals surface area contributed by atoms with E-state index in [1.165, 1.54) is 0 Å². The maximum Gasteiger partial charge on any atom is 0.219 e. The average molecular weight is 171 g/mol. The highest BCUT2D eigenvalue weighted by Gasteiger charge is 2.19. The van der Waals surface area contributed by atoms with Gasteiger partial charge in [0.2, 0.25) is 5.91 Å². The maximum absolute atomic E-state index is 11.0. The predicted octanol–water partition coefficient (Wildman–Crippen LogP) is 2.34. The Hall–Kier alpha value is -0.530. The highest BCUT2D eigenvalue weighted by atomic mass is 16.1. The fourth-order valence-electron chi connectivity index (χ4n) is 1.14. The summed E-state index contributed by atoms with van der Waals surface area (Å²) in [6, 6.07) is 0. The van der Waals surface area contributed by atoms with Gasteiger partial charge in [0.15, 0.2) is 0 Å². The van der Waals surface area contributed by atoms with Crippen molar-refractivity contribution in [3.63, 3.8) is 0 Å². The van der Waals surface area contributed by atoms with E-state index in [1.807, 2.05) is 0 Å². The number of rotatable bonds is 5. The van der Waals surface area contributed by atoms with E-state index in [9.17, 15) is 4.79 Å². The van der Waals surface area contributed by atoms with Gasteiger partial charge in [0.05, 0.1) is 0 Å². The minimum atomic E-state index is 0.156. The highest BCUT2D eigenvalue weighted by Crippen LogP contribution is 2.30. The molecule has 1 N–H and O–H groups in total. The first-order valence-electron chi connectivity index (χ1n) is 4.78. The molecule has 0 atom stereocenters. The summed E-state index contributed by atoms with van der Waals surface area (Å²) in [5.74, 6) is 0.156. The second-order valence-corrected chi connectivity index (χ2v) is 3.69. The van der Waals surface area contributed by atoms with Crippen LogP contribution < -0.4 is 5.32 Å². The first-order valence-corrected chi connectivity index (χ1v) is 4.78. The van der Waals surface area contributed by atoms with Gasteiger partial charge in [-0.1, -0.05) is 33.6 Å². The SMILES string of the molecule is CCC(C)(CC)CCC(=O)NC. The number of nitrogens with one attached hydrogen (secondary N) is 1. The van der Waals surface area contributed by atoms with Crippen molar-refractivity contribution in [3.8, 4) is 0 Å². The molecule has 0 fully saturated rings. The van der Waals surface area contributed by atoms with Crippen LogP contribution >= 0.6 is 0 Å². The molecule has 0 aliphatic carbocycles. The molecule has 1 amide bonds. The molecule has 0 saturated heterocycles. The van der Waals surface area contributed by atoms with Crippen molar-refractivity contribution in [2.75, 3.05) is 7.05 Å². The van der Waals surface area contributed by atoms with Crippen molar-refractivity contribution < 1.29 is 4.79 Å². The third-order valence-corrected chi connectivity index (χ3v) is 2.94. The van der Waals surface area contributed by atoms with Crippen molar-refractivity contribution in [2.24, 2.45) is 5.41 Å². The Kier molecular flexibility index (Phi) is 4.95. The fraction of sp³-hybridized carbons (Fsp3) is 0.900. The molecule has 0 rings (SSSR count). The third kappa shape index (κ3) is 3.74. The lowest BCUT2D eigenvalue weighted by Gasteiger charge is -2.25. The molecule has 72 valence electrons. The van der Waals surface area contributed by atoms with Gasteiger partial charge in [-0.15, -0.1) is 0 Å². The smallest absolute Gasteiger partial charge is 0.219 e. The van der Waals surface area contributed by atoms with Crippen LogP contribution in [0.15, 0.2) is 0 Å². The van der Waals surface area contributed by atoms with Crippen LogP contribution in [-0.4, -0.2) is 13.0 Å². The van der Waals surface area contributed by atoms with Crippen molar-refractivity contribution in [1.29, 1.82) is 0 Å². The minimum absolute atomic E-state index is 0.156. The summed E-state index contributed by atoms with van der Waals surface area (Å²) in [7, 11) is 1.69. The molecule has 2 heteroatoms. The Morgan fingerprint density at radius 1 is 1.33 bits per heavy atom. The Bertz CT molecular complexity index is 139. The van der Waals surface area contributed by atoms with Gasteiger partial charge < -0.3 is 5.32 Å². The Labute approximate surface area is 75.7 Å². The maximum atomic E-state index is 11.0. The highest BCUT2D eigenvalue weighted by molar-refractivity contribution is 5.75. The molecular formula is C10H21NO. The van der Waals surface area contributed by atoms with Gasteiger partial charge in [0, 0.05) is 13.5 Å². The van der Waals surface area contributed by atoms with E-state index in [0.29, 0.717) is 11.8 Å². The van der Waals surface area contributed by atoms with Crippen LogP contribution in [0.4, 0.5) is 0 Å². The van der Waals surface area contributed by atoms with Crippen molar-refractivity contribution in [1.82, 2.24) is 5.32 Å².